The summed E-state index contributed by atoms with van der Waals surface area (Å²) in [5.74, 6) is -0.816. The van der Waals surface area contributed by atoms with Crippen LogP contribution in [0.5, 0.6) is 0 Å². The van der Waals surface area contributed by atoms with Crippen molar-refractivity contribution in [2.75, 3.05) is 19.0 Å². The second-order valence-electron chi connectivity index (χ2n) is 5.55. The molecule has 112 valence electrons. The van der Waals surface area contributed by atoms with Crippen LogP contribution in [0, 0.1) is 0 Å². The van der Waals surface area contributed by atoms with Gasteiger partial charge in [0.1, 0.15) is 0 Å². The Kier molecular flexibility index (Phi) is 3.91. The summed E-state index contributed by atoms with van der Waals surface area (Å²) in [6.07, 6.45) is 2.01. The van der Waals surface area contributed by atoms with Crippen molar-refractivity contribution in [3.8, 4) is 0 Å². The summed E-state index contributed by atoms with van der Waals surface area (Å²) in [7, 11) is 0. The molecule has 0 saturated carbocycles. The normalized spacial score (nSPS) is 22.5. The fourth-order valence-corrected chi connectivity index (χ4v) is 3.71. The Morgan fingerprint density at radius 2 is 2.33 bits per heavy atom. The second kappa shape index (κ2) is 5.69. The number of thioether (sulfide) groups is 1. The number of benzene rings is 1. The molecule has 1 N–H and O–H groups in total. The van der Waals surface area contributed by atoms with E-state index in [-0.39, 0.29) is 11.3 Å². The van der Waals surface area contributed by atoms with E-state index < -0.39 is 5.97 Å². The lowest BCUT2D eigenvalue weighted by Crippen LogP contribution is -2.39. The van der Waals surface area contributed by atoms with Crippen LogP contribution in [0.25, 0.3) is 11.0 Å². The topological polar surface area (TPSA) is 64.4 Å². The predicted octanol–water partition coefficient (Wildman–Crippen LogP) is 2.74. The lowest BCUT2D eigenvalue weighted by molar-refractivity contribution is -0.133. The zero-order chi connectivity index (χ0) is 14.9. The second-order valence-corrected chi connectivity index (χ2v) is 6.50. The molecular formula is C15H18N2O3S. The Labute approximate surface area is 127 Å². The molecule has 6 heteroatoms. The van der Waals surface area contributed by atoms with Crippen molar-refractivity contribution in [3.63, 3.8) is 0 Å². The third-order valence-corrected chi connectivity index (χ3v) is 4.73. The number of carboxylic acids is 1. The van der Waals surface area contributed by atoms with E-state index in [0.717, 1.165) is 35.6 Å². The van der Waals surface area contributed by atoms with Crippen LogP contribution in [0.15, 0.2) is 29.4 Å². The molecule has 1 aromatic carbocycles. The van der Waals surface area contributed by atoms with Crippen LogP contribution in [0.4, 0.5) is 0 Å². The Morgan fingerprint density at radius 1 is 1.52 bits per heavy atom. The number of rotatable bonds is 4. The summed E-state index contributed by atoms with van der Waals surface area (Å²) in [6, 6.07) is 7.93. The van der Waals surface area contributed by atoms with Gasteiger partial charge in [-0.05, 0) is 31.9 Å². The molecule has 1 atom stereocenters. The van der Waals surface area contributed by atoms with Crippen molar-refractivity contribution in [3.05, 3.63) is 24.3 Å². The molecule has 1 aliphatic rings. The minimum absolute atomic E-state index is 0.0141. The van der Waals surface area contributed by atoms with Crippen molar-refractivity contribution >= 4 is 28.8 Å². The number of para-hydroxylation sites is 2. The molecule has 0 spiro atoms. The van der Waals surface area contributed by atoms with Crippen LogP contribution < -0.4 is 0 Å². The van der Waals surface area contributed by atoms with Crippen LogP contribution in [0.2, 0.25) is 0 Å². The number of fused-ring (bicyclic) bond motifs is 1. The number of hydrogen-bond donors (Lipinski definition) is 1. The number of carboxylic acid groups (broad SMARTS) is 1. The fourth-order valence-electron chi connectivity index (χ4n) is 2.84. The average molecular weight is 306 g/mol. The van der Waals surface area contributed by atoms with Crippen LogP contribution in [-0.4, -0.2) is 39.6 Å². The molecule has 0 aliphatic carbocycles. The highest BCUT2D eigenvalue weighted by atomic mass is 32.2. The predicted molar refractivity (Wildman–Crippen MR) is 81.8 cm³/mol. The molecule has 0 amide bonds. The minimum atomic E-state index is -0.830. The molecule has 1 aromatic heterocycles. The van der Waals surface area contributed by atoms with Gasteiger partial charge in [-0.2, -0.15) is 0 Å². The summed E-state index contributed by atoms with van der Waals surface area (Å²) in [4.78, 5) is 15.5. The zero-order valence-corrected chi connectivity index (χ0v) is 12.7. The van der Waals surface area contributed by atoms with E-state index in [4.69, 9.17) is 9.84 Å². The molecule has 1 unspecified atom stereocenters. The minimum Gasteiger partial charge on any atom is -0.481 e. The van der Waals surface area contributed by atoms with Crippen LogP contribution >= 0.6 is 11.8 Å². The van der Waals surface area contributed by atoms with Gasteiger partial charge in [0.2, 0.25) is 0 Å². The fraction of sp³-hybridized carbons (Fsp3) is 0.467. The third-order valence-electron chi connectivity index (χ3n) is 3.81. The first-order valence-electron chi connectivity index (χ1n) is 7.00. The van der Waals surface area contributed by atoms with Gasteiger partial charge in [-0.25, -0.2) is 4.98 Å². The van der Waals surface area contributed by atoms with E-state index in [0.29, 0.717) is 6.61 Å². The maximum absolute atomic E-state index is 10.9. The molecule has 1 saturated heterocycles. The van der Waals surface area contributed by atoms with Gasteiger partial charge in [-0.3, -0.25) is 4.79 Å². The molecule has 2 heterocycles. The molecule has 3 rings (SSSR count). The van der Waals surface area contributed by atoms with Gasteiger partial charge >= 0.3 is 5.97 Å². The average Bonchev–Trinajstić information content (AvgIpc) is 2.85. The molecule has 0 radical (unpaired) electrons. The summed E-state index contributed by atoms with van der Waals surface area (Å²) in [5, 5.41) is 9.69. The lowest BCUT2D eigenvalue weighted by atomic mass is 9.94. The lowest BCUT2D eigenvalue weighted by Gasteiger charge is -2.36. The number of hydrogen-bond acceptors (Lipinski definition) is 4. The van der Waals surface area contributed by atoms with Gasteiger partial charge in [0, 0.05) is 6.61 Å². The maximum Gasteiger partial charge on any atom is 0.313 e. The molecule has 1 aliphatic heterocycles. The number of ether oxygens (including phenoxy) is 1. The van der Waals surface area contributed by atoms with E-state index in [9.17, 15) is 4.79 Å². The van der Waals surface area contributed by atoms with E-state index in [1.807, 2.05) is 24.3 Å². The highest BCUT2D eigenvalue weighted by molar-refractivity contribution is 7.99. The molecular weight excluding hydrogens is 288 g/mol. The van der Waals surface area contributed by atoms with Gasteiger partial charge < -0.3 is 14.4 Å². The van der Waals surface area contributed by atoms with Crippen LogP contribution in [0.1, 0.15) is 19.8 Å². The van der Waals surface area contributed by atoms with E-state index in [1.165, 1.54) is 11.8 Å². The third kappa shape index (κ3) is 2.78. The summed E-state index contributed by atoms with van der Waals surface area (Å²) < 4.78 is 7.83. The molecule has 5 nitrogen and oxygen atoms in total. The summed E-state index contributed by atoms with van der Waals surface area (Å²) in [5.41, 5.74) is 1.77. The zero-order valence-electron chi connectivity index (χ0n) is 11.9. The molecule has 0 bridgehead atoms. The Balaban J connectivity index is 2.08. The van der Waals surface area contributed by atoms with Crippen LogP contribution in [0.3, 0.4) is 0 Å². The van der Waals surface area contributed by atoms with Crippen molar-refractivity contribution in [2.24, 2.45) is 0 Å². The van der Waals surface area contributed by atoms with E-state index in [2.05, 4.69) is 16.5 Å². The van der Waals surface area contributed by atoms with Gasteiger partial charge in [0.25, 0.3) is 0 Å². The largest absolute Gasteiger partial charge is 0.481 e. The SMILES string of the molecule is CC1(n2c(SCC(=O)O)nc3ccccc32)CCCOC1. The van der Waals surface area contributed by atoms with Crippen molar-refractivity contribution in [2.45, 2.75) is 30.5 Å². The smallest absolute Gasteiger partial charge is 0.313 e. The number of aromatic nitrogens is 2. The highest BCUT2D eigenvalue weighted by Crippen LogP contribution is 2.35. The van der Waals surface area contributed by atoms with Crippen LogP contribution in [-0.2, 0) is 15.1 Å². The first kappa shape index (κ1) is 14.4. The number of carbonyl (C=O) groups is 1. The number of aliphatic carboxylic acids is 1. The van der Waals surface area contributed by atoms with E-state index in [1.54, 1.807) is 0 Å². The maximum atomic E-state index is 10.9. The van der Waals surface area contributed by atoms with Gasteiger partial charge in [0.05, 0.1) is 28.9 Å². The molecule has 1 fully saturated rings. The highest BCUT2D eigenvalue weighted by Gasteiger charge is 2.33. The van der Waals surface area contributed by atoms with Crippen molar-refractivity contribution in [1.82, 2.24) is 9.55 Å². The molecule has 2 aromatic rings. The summed E-state index contributed by atoms with van der Waals surface area (Å²) in [6.45, 7) is 3.58. The van der Waals surface area contributed by atoms with E-state index >= 15 is 0 Å². The number of imidazole rings is 1. The standard InChI is InChI=1S/C15H18N2O3S/c1-15(7-4-8-20-10-15)17-12-6-3-2-5-11(12)16-14(17)21-9-13(18)19/h2-3,5-6H,4,7-10H2,1H3,(H,18,19). The van der Waals surface area contributed by atoms with Gasteiger partial charge in [0.15, 0.2) is 5.16 Å². The Morgan fingerprint density at radius 3 is 3.05 bits per heavy atom. The Hall–Kier alpha value is -1.53. The quantitative estimate of drug-likeness (QED) is 0.880. The van der Waals surface area contributed by atoms with Crippen molar-refractivity contribution in [1.29, 1.82) is 0 Å². The molecule has 21 heavy (non-hydrogen) atoms. The summed E-state index contributed by atoms with van der Waals surface area (Å²) >= 11 is 1.27. The monoisotopic (exact) mass is 306 g/mol. The number of nitrogens with zero attached hydrogens (tertiary/aromatic N) is 2. The van der Waals surface area contributed by atoms with Gasteiger partial charge in [-0.1, -0.05) is 23.9 Å². The van der Waals surface area contributed by atoms with Crippen molar-refractivity contribution < 1.29 is 14.6 Å². The van der Waals surface area contributed by atoms with Gasteiger partial charge in [-0.15, -0.1) is 0 Å². The first-order valence-corrected chi connectivity index (χ1v) is 7.99. The Bertz CT molecular complexity index is 662. The first-order chi connectivity index (χ1) is 10.1.